The molecule has 0 atom stereocenters. The van der Waals surface area contributed by atoms with Crippen LogP contribution in [-0.4, -0.2) is 15.8 Å². The largest absolute Gasteiger partial charge is 0.324 e. The first-order valence-corrected chi connectivity index (χ1v) is 7.24. The maximum Gasteiger partial charge on any atom is 0.324 e. The summed E-state index contributed by atoms with van der Waals surface area (Å²) >= 11 is 0. The van der Waals surface area contributed by atoms with Gasteiger partial charge in [0.15, 0.2) is 5.82 Å². The third-order valence-corrected chi connectivity index (χ3v) is 3.59. The number of rotatable bonds is 4. The fourth-order valence-electron chi connectivity index (χ4n) is 2.29. The van der Waals surface area contributed by atoms with Crippen molar-refractivity contribution in [1.82, 2.24) is 9.78 Å². The average molecular weight is 286 g/mol. The van der Waals surface area contributed by atoms with E-state index >= 15 is 0 Å². The van der Waals surface area contributed by atoms with Crippen LogP contribution in [0, 0.1) is 6.92 Å². The van der Waals surface area contributed by atoms with Crippen LogP contribution in [0.1, 0.15) is 30.7 Å². The number of benzene rings is 1. The average Bonchev–Trinajstić information content (AvgIpc) is 2.77. The van der Waals surface area contributed by atoms with Crippen LogP contribution in [-0.2, 0) is 19.9 Å². The van der Waals surface area contributed by atoms with E-state index in [4.69, 9.17) is 0 Å². The molecule has 0 spiro atoms. The summed E-state index contributed by atoms with van der Waals surface area (Å²) < 4.78 is 1.73. The quantitative estimate of drug-likeness (QED) is 0.903. The number of para-hydroxylation sites is 1. The van der Waals surface area contributed by atoms with Crippen LogP contribution in [0.15, 0.2) is 24.3 Å². The van der Waals surface area contributed by atoms with Crippen LogP contribution in [0.2, 0.25) is 0 Å². The first-order chi connectivity index (χ1) is 10.0. The normalized spacial score (nSPS) is 10.5. The van der Waals surface area contributed by atoms with Crippen LogP contribution >= 0.6 is 0 Å². The van der Waals surface area contributed by atoms with Crippen molar-refractivity contribution >= 4 is 17.5 Å². The van der Waals surface area contributed by atoms with Gasteiger partial charge in [0.25, 0.3) is 0 Å². The minimum atomic E-state index is -0.260. The number of hydrogen-bond acceptors (Lipinski definition) is 2. The Bertz CT molecular complexity index is 604. The van der Waals surface area contributed by atoms with Crippen LogP contribution < -0.4 is 10.6 Å². The molecular weight excluding hydrogens is 264 g/mol. The molecule has 2 amide bonds. The van der Waals surface area contributed by atoms with Crippen molar-refractivity contribution < 1.29 is 4.79 Å². The van der Waals surface area contributed by atoms with Crippen molar-refractivity contribution in [1.29, 1.82) is 0 Å². The summed E-state index contributed by atoms with van der Waals surface area (Å²) in [5, 5.41) is 9.95. The second kappa shape index (κ2) is 6.43. The van der Waals surface area contributed by atoms with E-state index in [1.807, 2.05) is 38.2 Å². The third kappa shape index (κ3) is 3.42. The van der Waals surface area contributed by atoms with Gasteiger partial charge in [-0.3, -0.25) is 10.00 Å². The number of hydrogen-bond donors (Lipinski definition) is 2. The molecule has 1 aromatic heterocycles. The topological polar surface area (TPSA) is 59.0 Å². The van der Waals surface area contributed by atoms with Crippen LogP contribution in [0.25, 0.3) is 0 Å². The summed E-state index contributed by atoms with van der Waals surface area (Å²) in [6.07, 6.45) is 1.76. The Morgan fingerprint density at radius 3 is 2.29 bits per heavy atom. The van der Waals surface area contributed by atoms with Gasteiger partial charge in [-0.2, -0.15) is 5.10 Å². The standard InChI is InChI=1S/C16H22N4O/c1-5-12-8-7-9-13(6-2)15(12)18-16(21)17-14-10-11(3)20(4)19-14/h7-10H,5-6H2,1-4H3,(H2,17,18,19,21). The van der Waals surface area contributed by atoms with Crippen molar-refractivity contribution in [2.24, 2.45) is 7.05 Å². The molecule has 0 saturated carbocycles. The highest BCUT2D eigenvalue weighted by Gasteiger charge is 2.11. The molecule has 0 saturated heterocycles. The van der Waals surface area contributed by atoms with Gasteiger partial charge < -0.3 is 5.32 Å². The molecular formula is C16H22N4O. The van der Waals surface area contributed by atoms with Crippen LogP contribution in [0.4, 0.5) is 16.3 Å². The molecule has 0 aliphatic carbocycles. The molecule has 5 heteroatoms. The number of aromatic nitrogens is 2. The lowest BCUT2D eigenvalue weighted by molar-refractivity contribution is 0.262. The van der Waals surface area contributed by atoms with Crippen molar-refractivity contribution in [3.63, 3.8) is 0 Å². The van der Waals surface area contributed by atoms with Crippen molar-refractivity contribution in [2.75, 3.05) is 10.6 Å². The summed E-state index contributed by atoms with van der Waals surface area (Å²) in [7, 11) is 1.85. The monoisotopic (exact) mass is 286 g/mol. The van der Waals surface area contributed by atoms with E-state index in [1.165, 1.54) is 0 Å². The fraction of sp³-hybridized carbons (Fsp3) is 0.375. The molecule has 21 heavy (non-hydrogen) atoms. The Hall–Kier alpha value is -2.30. The van der Waals surface area contributed by atoms with E-state index in [1.54, 1.807) is 4.68 Å². The summed E-state index contributed by atoms with van der Waals surface area (Å²) in [4.78, 5) is 12.2. The number of carbonyl (C=O) groups excluding carboxylic acids is 1. The van der Waals surface area contributed by atoms with Gasteiger partial charge in [-0.1, -0.05) is 32.0 Å². The number of aryl methyl sites for hydroxylation is 4. The number of carbonyl (C=O) groups is 1. The number of nitrogens with one attached hydrogen (secondary N) is 2. The summed E-state index contributed by atoms with van der Waals surface area (Å²) in [5.74, 6) is 0.555. The molecule has 0 fully saturated rings. The molecule has 112 valence electrons. The SMILES string of the molecule is CCc1cccc(CC)c1NC(=O)Nc1cc(C)n(C)n1. The van der Waals surface area contributed by atoms with E-state index in [-0.39, 0.29) is 6.03 Å². The lowest BCUT2D eigenvalue weighted by Crippen LogP contribution is -2.21. The van der Waals surface area contributed by atoms with E-state index in [0.717, 1.165) is 35.3 Å². The van der Waals surface area contributed by atoms with Crippen LogP contribution in [0.5, 0.6) is 0 Å². The minimum Gasteiger partial charge on any atom is -0.307 e. The Kier molecular flexibility index (Phi) is 4.62. The smallest absolute Gasteiger partial charge is 0.307 e. The minimum absolute atomic E-state index is 0.260. The molecule has 2 N–H and O–H groups in total. The Morgan fingerprint density at radius 1 is 1.19 bits per heavy atom. The predicted octanol–water partition coefficient (Wildman–Crippen LogP) is 3.50. The summed E-state index contributed by atoms with van der Waals surface area (Å²) in [6, 6.07) is 7.69. The number of urea groups is 1. The number of amides is 2. The van der Waals surface area contributed by atoms with Gasteiger partial charge in [-0.05, 0) is 30.9 Å². The van der Waals surface area contributed by atoms with Gasteiger partial charge in [-0.25, -0.2) is 4.79 Å². The Labute approximate surface area is 125 Å². The highest BCUT2D eigenvalue weighted by Crippen LogP contribution is 2.22. The zero-order valence-corrected chi connectivity index (χ0v) is 13.0. The highest BCUT2D eigenvalue weighted by molar-refractivity contribution is 6.00. The molecule has 5 nitrogen and oxygen atoms in total. The zero-order chi connectivity index (χ0) is 15.4. The zero-order valence-electron chi connectivity index (χ0n) is 13.0. The fourth-order valence-corrected chi connectivity index (χ4v) is 2.29. The van der Waals surface area contributed by atoms with E-state index in [2.05, 4.69) is 29.6 Å². The van der Waals surface area contributed by atoms with Crippen LogP contribution in [0.3, 0.4) is 0 Å². The number of anilines is 2. The Balaban J connectivity index is 2.16. The molecule has 0 radical (unpaired) electrons. The summed E-state index contributed by atoms with van der Waals surface area (Å²) in [6.45, 7) is 6.11. The predicted molar refractivity (Wildman–Crippen MR) is 85.8 cm³/mol. The second-order valence-electron chi connectivity index (χ2n) is 5.03. The van der Waals surface area contributed by atoms with Crippen molar-refractivity contribution in [2.45, 2.75) is 33.6 Å². The molecule has 0 bridgehead atoms. The van der Waals surface area contributed by atoms with E-state index in [0.29, 0.717) is 5.82 Å². The van der Waals surface area contributed by atoms with E-state index in [9.17, 15) is 4.79 Å². The second-order valence-corrected chi connectivity index (χ2v) is 5.03. The molecule has 1 aromatic carbocycles. The number of nitrogens with zero attached hydrogens (tertiary/aromatic N) is 2. The lowest BCUT2D eigenvalue weighted by atomic mass is 10.0. The first kappa shape index (κ1) is 15.1. The van der Waals surface area contributed by atoms with Gasteiger partial charge in [0.2, 0.25) is 0 Å². The molecule has 2 rings (SSSR count). The highest BCUT2D eigenvalue weighted by atomic mass is 16.2. The molecule has 2 aromatic rings. The van der Waals surface area contributed by atoms with Gasteiger partial charge in [0.05, 0.1) is 0 Å². The third-order valence-electron chi connectivity index (χ3n) is 3.59. The maximum absolute atomic E-state index is 12.2. The maximum atomic E-state index is 12.2. The Morgan fingerprint density at radius 2 is 1.81 bits per heavy atom. The summed E-state index contributed by atoms with van der Waals surface area (Å²) in [5.41, 5.74) is 4.18. The first-order valence-electron chi connectivity index (χ1n) is 7.24. The van der Waals surface area contributed by atoms with Gasteiger partial charge >= 0.3 is 6.03 Å². The van der Waals surface area contributed by atoms with Crippen molar-refractivity contribution in [3.05, 3.63) is 41.1 Å². The lowest BCUT2D eigenvalue weighted by Gasteiger charge is -2.14. The molecule has 0 unspecified atom stereocenters. The molecule has 0 aliphatic rings. The van der Waals surface area contributed by atoms with Crippen molar-refractivity contribution in [3.8, 4) is 0 Å². The van der Waals surface area contributed by atoms with Gasteiger partial charge in [0.1, 0.15) is 0 Å². The van der Waals surface area contributed by atoms with Gasteiger partial charge in [-0.15, -0.1) is 0 Å². The molecule has 0 aliphatic heterocycles. The van der Waals surface area contributed by atoms with Gasteiger partial charge in [0, 0.05) is 24.5 Å². The van der Waals surface area contributed by atoms with E-state index < -0.39 is 0 Å². The molecule has 1 heterocycles.